The summed E-state index contributed by atoms with van der Waals surface area (Å²) in [5.41, 5.74) is 0. The van der Waals surface area contributed by atoms with Crippen LogP contribution in [0, 0.1) is 6.92 Å². The zero-order chi connectivity index (χ0) is 15.9. The van der Waals surface area contributed by atoms with Crippen molar-refractivity contribution in [2.45, 2.75) is 39.2 Å². The minimum atomic E-state index is 0.362. The summed E-state index contributed by atoms with van der Waals surface area (Å²) >= 11 is 3.68. The van der Waals surface area contributed by atoms with Gasteiger partial charge in [0.15, 0.2) is 5.96 Å². The second-order valence-electron chi connectivity index (χ2n) is 5.63. The van der Waals surface area contributed by atoms with Crippen LogP contribution in [0.5, 0.6) is 0 Å². The van der Waals surface area contributed by atoms with E-state index >= 15 is 0 Å². The van der Waals surface area contributed by atoms with E-state index in [2.05, 4.69) is 66.0 Å². The second-order valence-corrected chi connectivity index (χ2v) is 7.98. The van der Waals surface area contributed by atoms with Gasteiger partial charge in [0.05, 0.1) is 0 Å². The molecule has 0 aromatic carbocycles. The van der Waals surface area contributed by atoms with E-state index in [9.17, 15) is 0 Å². The van der Waals surface area contributed by atoms with Crippen LogP contribution in [0.15, 0.2) is 34.6 Å². The predicted molar refractivity (Wildman–Crippen MR) is 99.5 cm³/mol. The molecule has 2 rings (SSSR count). The Hall–Kier alpha value is -1.33. The number of hydrogen-bond acceptors (Lipinski definition) is 3. The molecule has 0 fully saturated rings. The topological polar surface area (TPSA) is 36.4 Å². The molecule has 2 aromatic rings. The van der Waals surface area contributed by atoms with Crippen molar-refractivity contribution in [2.75, 3.05) is 13.6 Å². The maximum atomic E-state index is 4.33. The molecule has 0 saturated carbocycles. The van der Waals surface area contributed by atoms with Crippen LogP contribution in [0.1, 0.15) is 34.4 Å². The number of guanidine groups is 1. The van der Waals surface area contributed by atoms with Crippen LogP contribution in [0.3, 0.4) is 0 Å². The molecule has 0 saturated heterocycles. The van der Waals surface area contributed by atoms with E-state index in [1.165, 1.54) is 14.6 Å². The molecule has 2 unspecified atom stereocenters. The molecule has 0 radical (unpaired) electrons. The summed E-state index contributed by atoms with van der Waals surface area (Å²) in [5, 5.41) is 9.03. The Morgan fingerprint density at radius 2 is 2.09 bits per heavy atom. The minimum Gasteiger partial charge on any atom is -0.356 e. The highest BCUT2D eigenvalue weighted by Gasteiger charge is 2.10. The van der Waals surface area contributed by atoms with Gasteiger partial charge in [-0.05, 0) is 37.4 Å². The number of aryl methyl sites for hydroxylation is 1. The molecule has 2 heterocycles. The molecular weight excluding hydrogens is 310 g/mol. The van der Waals surface area contributed by atoms with Gasteiger partial charge in [-0.3, -0.25) is 4.99 Å². The Bertz CT molecular complexity index is 587. The first-order valence-electron chi connectivity index (χ1n) is 7.64. The summed E-state index contributed by atoms with van der Waals surface area (Å²) in [6.07, 6.45) is 1.03. The first-order chi connectivity index (χ1) is 10.6. The molecule has 3 nitrogen and oxygen atoms in total. The molecule has 22 heavy (non-hydrogen) atoms. The third-order valence-corrected chi connectivity index (χ3v) is 5.64. The normalized spacial score (nSPS) is 14.6. The molecule has 2 N–H and O–H groups in total. The summed E-state index contributed by atoms with van der Waals surface area (Å²) in [6.45, 7) is 7.48. The summed E-state index contributed by atoms with van der Waals surface area (Å²) < 4.78 is 0. The molecule has 0 aliphatic heterocycles. The average molecular weight is 336 g/mol. The van der Waals surface area contributed by atoms with Gasteiger partial charge in [0.2, 0.25) is 0 Å². The molecule has 2 atom stereocenters. The van der Waals surface area contributed by atoms with E-state index in [0.29, 0.717) is 12.0 Å². The van der Waals surface area contributed by atoms with E-state index < -0.39 is 0 Å². The minimum absolute atomic E-state index is 0.362. The van der Waals surface area contributed by atoms with Crippen LogP contribution >= 0.6 is 22.7 Å². The summed E-state index contributed by atoms with van der Waals surface area (Å²) in [4.78, 5) is 8.52. The van der Waals surface area contributed by atoms with Crippen LogP contribution in [0.25, 0.3) is 0 Å². The molecule has 2 aromatic heterocycles. The summed E-state index contributed by atoms with van der Waals surface area (Å²) in [7, 11) is 1.83. The fourth-order valence-electron chi connectivity index (χ4n) is 2.30. The lowest BCUT2D eigenvalue weighted by atomic mass is 10.1. The standard InChI is InChI=1S/C17H25N3S2/c1-12(16-6-5-9-21-16)11-19-17(18-4)20-13(2)10-15-8-7-14(3)22-15/h5-9,12-13H,10-11H2,1-4H3,(H2,18,19,20). The van der Waals surface area contributed by atoms with Crippen molar-refractivity contribution in [3.8, 4) is 0 Å². The maximum Gasteiger partial charge on any atom is 0.191 e. The van der Waals surface area contributed by atoms with E-state index in [0.717, 1.165) is 18.9 Å². The van der Waals surface area contributed by atoms with Crippen molar-refractivity contribution in [1.82, 2.24) is 10.6 Å². The smallest absolute Gasteiger partial charge is 0.191 e. The van der Waals surface area contributed by atoms with Gasteiger partial charge in [-0.1, -0.05) is 13.0 Å². The average Bonchev–Trinajstić information content (AvgIpc) is 3.14. The van der Waals surface area contributed by atoms with Crippen LogP contribution < -0.4 is 10.6 Å². The highest BCUT2D eigenvalue weighted by atomic mass is 32.1. The number of thiophene rings is 2. The molecule has 120 valence electrons. The number of hydrogen-bond donors (Lipinski definition) is 2. The summed E-state index contributed by atoms with van der Waals surface area (Å²) in [6, 6.07) is 9.06. The van der Waals surface area contributed by atoms with E-state index in [4.69, 9.17) is 0 Å². The fourth-order valence-corrected chi connectivity index (χ4v) is 4.10. The quantitative estimate of drug-likeness (QED) is 0.618. The Labute approximate surface area is 141 Å². The van der Waals surface area contributed by atoms with Crippen molar-refractivity contribution in [3.63, 3.8) is 0 Å². The molecule has 0 aliphatic rings. The van der Waals surface area contributed by atoms with Gasteiger partial charge in [0.1, 0.15) is 0 Å². The predicted octanol–water partition coefficient (Wildman–Crippen LogP) is 4.02. The lowest BCUT2D eigenvalue weighted by Crippen LogP contribution is -2.44. The highest BCUT2D eigenvalue weighted by molar-refractivity contribution is 7.11. The zero-order valence-corrected chi connectivity index (χ0v) is 15.4. The third-order valence-electron chi connectivity index (χ3n) is 3.51. The highest BCUT2D eigenvalue weighted by Crippen LogP contribution is 2.19. The second kappa shape index (κ2) is 8.34. The maximum absolute atomic E-state index is 4.33. The molecule has 0 bridgehead atoms. The molecular formula is C17H25N3S2. The van der Waals surface area contributed by atoms with Gasteiger partial charge in [0.25, 0.3) is 0 Å². The molecule has 0 amide bonds. The van der Waals surface area contributed by atoms with E-state index in [1.807, 2.05) is 29.7 Å². The van der Waals surface area contributed by atoms with Crippen molar-refractivity contribution < 1.29 is 0 Å². The number of aliphatic imine (C=N–C) groups is 1. The van der Waals surface area contributed by atoms with E-state index in [1.54, 1.807) is 0 Å². The largest absolute Gasteiger partial charge is 0.356 e. The van der Waals surface area contributed by atoms with Crippen molar-refractivity contribution in [2.24, 2.45) is 4.99 Å². The van der Waals surface area contributed by atoms with Crippen LogP contribution in [-0.2, 0) is 6.42 Å². The SMILES string of the molecule is CN=C(NCC(C)c1cccs1)NC(C)Cc1ccc(C)s1. The molecule has 0 spiro atoms. The van der Waals surface area contributed by atoms with Crippen molar-refractivity contribution in [3.05, 3.63) is 44.3 Å². The molecule has 0 aliphatic carbocycles. The van der Waals surface area contributed by atoms with Gasteiger partial charge >= 0.3 is 0 Å². The first-order valence-corrected chi connectivity index (χ1v) is 9.34. The van der Waals surface area contributed by atoms with Crippen LogP contribution in [0.4, 0.5) is 0 Å². The lowest BCUT2D eigenvalue weighted by molar-refractivity contribution is 0.633. The van der Waals surface area contributed by atoms with Gasteiger partial charge in [-0.25, -0.2) is 0 Å². The first kappa shape index (κ1) is 17.0. The Kier molecular flexibility index (Phi) is 6.46. The van der Waals surface area contributed by atoms with Gasteiger partial charge in [-0.2, -0.15) is 0 Å². The fraction of sp³-hybridized carbons (Fsp3) is 0.471. The monoisotopic (exact) mass is 335 g/mol. The number of rotatable bonds is 6. The third kappa shape index (κ3) is 5.14. The lowest BCUT2D eigenvalue weighted by Gasteiger charge is -2.19. The molecule has 5 heteroatoms. The van der Waals surface area contributed by atoms with Gasteiger partial charge in [0, 0.05) is 46.6 Å². The number of nitrogens with zero attached hydrogens (tertiary/aromatic N) is 1. The Morgan fingerprint density at radius 1 is 1.27 bits per heavy atom. The van der Waals surface area contributed by atoms with Crippen molar-refractivity contribution >= 4 is 28.6 Å². The van der Waals surface area contributed by atoms with Crippen LogP contribution in [-0.4, -0.2) is 25.6 Å². The van der Waals surface area contributed by atoms with Crippen molar-refractivity contribution in [1.29, 1.82) is 0 Å². The Morgan fingerprint density at radius 3 is 2.68 bits per heavy atom. The van der Waals surface area contributed by atoms with Gasteiger partial charge in [-0.15, -0.1) is 22.7 Å². The zero-order valence-electron chi connectivity index (χ0n) is 13.7. The number of nitrogens with one attached hydrogen (secondary N) is 2. The Balaban J connectivity index is 1.79. The van der Waals surface area contributed by atoms with Gasteiger partial charge < -0.3 is 10.6 Å². The summed E-state index contributed by atoms with van der Waals surface area (Å²) in [5.74, 6) is 1.37. The van der Waals surface area contributed by atoms with E-state index in [-0.39, 0.29) is 0 Å². The van der Waals surface area contributed by atoms with Crippen LogP contribution in [0.2, 0.25) is 0 Å².